The van der Waals surface area contributed by atoms with Gasteiger partial charge in [0.2, 0.25) is 5.91 Å². The van der Waals surface area contributed by atoms with Gasteiger partial charge in [0.15, 0.2) is 5.60 Å². The maximum absolute atomic E-state index is 13.4. The first-order chi connectivity index (χ1) is 16.4. The first-order valence-electron chi connectivity index (χ1n) is 11.4. The van der Waals surface area contributed by atoms with Gasteiger partial charge in [-0.15, -0.1) is 6.58 Å². The molecule has 2 aromatic rings. The molecular weight excluding hydrogens is 430 g/mol. The Morgan fingerprint density at radius 2 is 1.94 bits per heavy atom. The summed E-state index contributed by atoms with van der Waals surface area (Å²) >= 11 is 0. The van der Waals surface area contributed by atoms with Gasteiger partial charge in [-0.25, -0.2) is 5.01 Å². The predicted molar refractivity (Wildman–Crippen MR) is 133 cm³/mol. The van der Waals surface area contributed by atoms with Gasteiger partial charge in [0.05, 0.1) is 17.1 Å². The lowest BCUT2D eigenvalue weighted by atomic mass is 9.82. The highest BCUT2D eigenvalue weighted by molar-refractivity contribution is 6.10. The number of hydrogen-bond donors (Lipinski definition) is 2. The van der Waals surface area contributed by atoms with Crippen LogP contribution in [0, 0.1) is 5.92 Å². The molecule has 0 aliphatic carbocycles. The second-order valence-electron chi connectivity index (χ2n) is 8.52. The van der Waals surface area contributed by atoms with Crippen LogP contribution in [0.3, 0.4) is 0 Å². The van der Waals surface area contributed by atoms with E-state index in [4.69, 9.17) is 5.11 Å². The zero-order chi connectivity index (χ0) is 24.3. The summed E-state index contributed by atoms with van der Waals surface area (Å²) in [5, 5.41) is 26.8. The van der Waals surface area contributed by atoms with Gasteiger partial charge in [-0.3, -0.25) is 9.59 Å². The van der Waals surface area contributed by atoms with E-state index in [0.29, 0.717) is 36.2 Å². The van der Waals surface area contributed by atoms with E-state index in [-0.39, 0.29) is 19.1 Å². The van der Waals surface area contributed by atoms with Crippen molar-refractivity contribution in [2.45, 2.75) is 31.8 Å². The molecule has 0 fully saturated rings. The maximum Gasteiger partial charge on any atom is 0.264 e. The van der Waals surface area contributed by atoms with E-state index >= 15 is 0 Å². The minimum Gasteiger partial charge on any atom is -0.396 e. The summed E-state index contributed by atoms with van der Waals surface area (Å²) in [5.74, 6) is -1.15. The summed E-state index contributed by atoms with van der Waals surface area (Å²) in [6.45, 7) is 5.73. The standard InChI is InChI=1S/C27H29N3O4/c1-3-16-29-24-14-12-21(18-22(24)27(34,26(29)33)19(2)9-7-8-17-31)30-25(32)15-13-23(28-30)20-10-5-4-6-11-20/h3-7,9-12,14,18-19,31,34H,1,8,13,15-17H2,2H3/b9-7+/t19-,27+/m0/s1. The molecule has 2 heterocycles. The Morgan fingerprint density at radius 3 is 2.65 bits per heavy atom. The van der Waals surface area contributed by atoms with E-state index in [1.807, 2.05) is 30.3 Å². The number of benzene rings is 2. The van der Waals surface area contributed by atoms with E-state index in [2.05, 4.69) is 11.7 Å². The molecule has 2 aliphatic rings. The largest absolute Gasteiger partial charge is 0.396 e. The van der Waals surface area contributed by atoms with Gasteiger partial charge in [0.1, 0.15) is 0 Å². The van der Waals surface area contributed by atoms with Gasteiger partial charge >= 0.3 is 0 Å². The molecule has 2 atom stereocenters. The Hall–Kier alpha value is -3.55. The normalized spacial score (nSPS) is 21.1. The van der Waals surface area contributed by atoms with E-state index in [9.17, 15) is 14.7 Å². The van der Waals surface area contributed by atoms with Crippen molar-refractivity contribution >= 4 is 28.9 Å². The van der Waals surface area contributed by atoms with Crippen molar-refractivity contribution in [1.82, 2.24) is 0 Å². The molecule has 0 saturated heterocycles. The number of nitrogens with zero attached hydrogens (tertiary/aromatic N) is 3. The highest BCUT2D eigenvalue weighted by Gasteiger charge is 2.52. The zero-order valence-electron chi connectivity index (χ0n) is 19.2. The van der Waals surface area contributed by atoms with Gasteiger partial charge in [0, 0.05) is 37.5 Å². The van der Waals surface area contributed by atoms with Crippen LogP contribution in [0.4, 0.5) is 11.4 Å². The number of hydrogen-bond acceptors (Lipinski definition) is 5. The number of hydrazone groups is 1. The fourth-order valence-corrected chi connectivity index (χ4v) is 4.48. The number of carbonyl (C=O) groups excluding carboxylic acids is 2. The smallest absolute Gasteiger partial charge is 0.264 e. The van der Waals surface area contributed by atoms with Crippen LogP contribution in [0.2, 0.25) is 0 Å². The highest BCUT2D eigenvalue weighted by atomic mass is 16.3. The molecule has 0 bridgehead atoms. The second-order valence-corrected chi connectivity index (χ2v) is 8.52. The minimum absolute atomic E-state index is 0.0161. The number of aliphatic hydroxyl groups excluding tert-OH is 1. The van der Waals surface area contributed by atoms with E-state index < -0.39 is 17.4 Å². The molecule has 2 aliphatic heterocycles. The number of anilines is 2. The topological polar surface area (TPSA) is 93.4 Å². The van der Waals surface area contributed by atoms with Crippen LogP contribution < -0.4 is 9.91 Å². The molecule has 176 valence electrons. The van der Waals surface area contributed by atoms with Crippen LogP contribution in [0.5, 0.6) is 0 Å². The molecule has 7 nitrogen and oxygen atoms in total. The van der Waals surface area contributed by atoms with Crippen molar-refractivity contribution in [3.63, 3.8) is 0 Å². The van der Waals surface area contributed by atoms with Crippen molar-refractivity contribution in [2.24, 2.45) is 11.0 Å². The number of carbonyl (C=O) groups is 2. The van der Waals surface area contributed by atoms with Crippen molar-refractivity contribution in [2.75, 3.05) is 23.1 Å². The Morgan fingerprint density at radius 1 is 1.18 bits per heavy atom. The molecule has 0 radical (unpaired) electrons. The van der Waals surface area contributed by atoms with Crippen LogP contribution in [0.15, 0.2) is 78.4 Å². The summed E-state index contributed by atoms with van der Waals surface area (Å²) < 4.78 is 0. The molecule has 0 unspecified atom stereocenters. The van der Waals surface area contributed by atoms with Gasteiger partial charge < -0.3 is 15.1 Å². The summed E-state index contributed by atoms with van der Waals surface area (Å²) in [6.07, 6.45) is 6.39. The van der Waals surface area contributed by atoms with Crippen molar-refractivity contribution < 1.29 is 19.8 Å². The van der Waals surface area contributed by atoms with Crippen molar-refractivity contribution in [3.05, 3.63) is 84.5 Å². The molecule has 0 spiro atoms. The second kappa shape index (κ2) is 9.75. The third-order valence-corrected chi connectivity index (χ3v) is 6.33. The third kappa shape index (κ3) is 4.08. The van der Waals surface area contributed by atoms with Crippen molar-refractivity contribution in [3.8, 4) is 0 Å². The Labute approximate surface area is 199 Å². The minimum atomic E-state index is -1.81. The molecule has 2 aromatic carbocycles. The summed E-state index contributed by atoms with van der Waals surface area (Å²) in [6, 6.07) is 14.9. The molecule has 0 aromatic heterocycles. The number of rotatable bonds is 8. The van der Waals surface area contributed by atoms with Crippen molar-refractivity contribution in [1.29, 1.82) is 0 Å². The average Bonchev–Trinajstić information content (AvgIpc) is 3.07. The Kier molecular flexibility index (Phi) is 6.77. The molecule has 7 heteroatoms. The summed E-state index contributed by atoms with van der Waals surface area (Å²) in [7, 11) is 0. The lowest BCUT2D eigenvalue weighted by Crippen LogP contribution is -2.44. The van der Waals surface area contributed by atoms with Crippen LogP contribution in [-0.2, 0) is 15.2 Å². The highest BCUT2D eigenvalue weighted by Crippen LogP contribution is 2.46. The predicted octanol–water partition coefficient (Wildman–Crippen LogP) is 3.51. The van der Waals surface area contributed by atoms with Gasteiger partial charge in [0.25, 0.3) is 5.91 Å². The van der Waals surface area contributed by atoms with Crippen LogP contribution >= 0.6 is 0 Å². The fourth-order valence-electron chi connectivity index (χ4n) is 4.48. The van der Waals surface area contributed by atoms with Crippen LogP contribution in [0.1, 0.15) is 37.3 Å². The molecule has 2 amide bonds. The van der Waals surface area contributed by atoms with E-state index in [0.717, 1.165) is 11.3 Å². The van der Waals surface area contributed by atoms with Gasteiger partial charge in [-0.05, 0) is 30.2 Å². The molecule has 0 saturated carbocycles. The van der Waals surface area contributed by atoms with Gasteiger partial charge in [-0.2, -0.15) is 5.10 Å². The van der Waals surface area contributed by atoms with E-state index in [1.165, 1.54) is 9.91 Å². The van der Waals surface area contributed by atoms with E-state index in [1.54, 1.807) is 43.4 Å². The Balaban J connectivity index is 1.78. The molecule has 4 rings (SSSR count). The number of fused-ring (bicyclic) bond motifs is 1. The lowest BCUT2D eigenvalue weighted by Gasteiger charge is -2.28. The average molecular weight is 460 g/mol. The Bertz CT molecular complexity index is 1160. The summed E-state index contributed by atoms with van der Waals surface area (Å²) in [4.78, 5) is 27.7. The monoisotopic (exact) mass is 459 g/mol. The summed E-state index contributed by atoms with van der Waals surface area (Å²) in [5.41, 5.74) is 1.44. The zero-order valence-corrected chi connectivity index (χ0v) is 19.2. The molecule has 2 N–H and O–H groups in total. The first-order valence-corrected chi connectivity index (χ1v) is 11.4. The fraction of sp³-hybridized carbons (Fsp3) is 0.296. The lowest BCUT2D eigenvalue weighted by molar-refractivity contribution is -0.139. The molecular formula is C27H29N3O4. The quantitative estimate of drug-likeness (QED) is 0.591. The number of amides is 2. The number of aliphatic hydroxyl groups is 2. The first kappa shape index (κ1) is 23.6. The maximum atomic E-state index is 13.4. The SMILES string of the molecule is C=CCN1C(=O)[C@@](O)([C@@H](C)/C=C/CCO)c2cc(N3N=C(c4ccccc4)CCC3=O)ccc21. The third-order valence-electron chi connectivity index (χ3n) is 6.33. The molecule has 34 heavy (non-hydrogen) atoms. The van der Waals surface area contributed by atoms with Crippen LogP contribution in [0.25, 0.3) is 0 Å². The van der Waals surface area contributed by atoms with Gasteiger partial charge in [-0.1, -0.05) is 55.5 Å². The van der Waals surface area contributed by atoms with Crippen LogP contribution in [-0.4, -0.2) is 40.9 Å².